The molecule has 1 aromatic heterocycles. The topological polar surface area (TPSA) is 37.0 Å². The molecule has 3 heteroatoms. The van der Waals surface area contributed by atoms with Crippen LogP contribution in [-0.2, 0) is 6.54 Å². The van der Waals surface area contributed by atoms with E-state index in [1.807, 2.05) is 12.4 Å². The predicted octanol–water partition coefficient (Wildman–Crippen LogP) is 0.923. The Labute approximate surface area is 84.9 Å². The molecule has 0 aliphatic carbocycles. The van der Waals surface area contributed by atoms with E-state index < -0.39 is 0 Å². The van der Waals surface area contributed by atoms with E-state index in [2.05, 4.69) is 27.8 Å². The predicted molar refractivity (Wildman–Crippen MR) is 57.0 cm³/mol. The van der Waals surface area contributed by atoms with Crippen LogP contribution in [0.3, 0.4) is 0 Å². The van der Waals surface area contributed by atoms with Crippen molar-refractivity contribution in [3.05, 3.63) is 30.1 Å². The lowest BCUT2D eigenvalue weighted by Gasteiger charge is -2.23. The molecule has 0 atom stereocenters. The second-order valence-corrected chi connectivity index (χ2v) is 3.76. The Bertz CT molecular complexity index is 254. The highest BCUT2D eigenvalue weighted by Gasteiger charge is 2.11. The Hall–Kier alpha value is -0.930. The minimum absolute atomic E-state index is 0.685. The molecule has 1 fully saturated rings. The van der Waals surface area contributed by atoms with Gasteiger partial charge in [-0.15, -0.1) is 0 Å². The summed E-state index contributed by atoms with van der Waals surface area (Å²) in [6.45, 7) is 3.26. The Kier molecular flexibility index (Phi) is 3.49. The third-order valence-corrected chi connectivity index (χ3v) is 2.68. The van der Waals surface area contributed by atoms with Gasteiger partial charge in [-0.2, -0.15) is 0 Å². The molecule has 0 unspecified atom stereocenters. The van der Waals surface area contributed by atoms with Gasteiger partial charge in [0.05, 0.1) is 0 Å². The number of hydrogen-bond acceptors (Lipinski definition) is 3. The van der Waals surface area contributed by atoms with Crippen molar-refractivity contribution >= 4 is 0 Å². The van der Waals surface area contributed by atoms with E-state index in [0.29, 0.717) is 6.04 Å². The molecule has 0 saturated carbocycles. The summed E-state index contributed by atoms with van der Waals surface area (Å²) in [5.41, 5.74) is 1.32. The summed E-state index contributed by atoms with van der Waals surface area (Å²) in [7, 11) is 0. The maximum Gasteiger partial charge on any atom is 0.0271 e. The van der Waals surface area contributed by atoms with Gasteiger partial charge in [-0.05, 0) is 43.6 Å². The summed E-state index contributed by atoms with van der Waals surface area (Å²) in [6.07, 6.45) is 6.18. The zero-order valence-corrected chi connectivity index (χ0v) is 8.37. The van der Waals surface area contributed by atoms with Crippen molar-refractivity contribution < 1.29 is 0 Å². The van der Waals surface area contributed by atoms with E-state index >= 15 is 0 Å². The lowest BCUT2D eigenvalue weighted by atomic mass is 10.1. The van der Waals surface area contributed by atoms with Crippen LogP contribution in [0.2, 0.25) is 0 Å². The van der Waals surface area contributed by atoms with Crippen LogP contribution in [0.1, 0.15) is 18.4 Å². The van der Waals surface area contributed by atoms with Crippen LogP contribution in [0.15, 0.2) is 24.5 Å². The van der Waals surface area contributed by atoms with Gasteiger partial charge in [-0.1, -0.05) is 0 Å². The quantitative estimate of drug-likeness (QED) is 0.746. The Balaban J connectivity index is 1.76. The van der Waals surface area contributed by atoms with Crippen molar-refractivity contribution in [2.75, 3.05) is 13.1 Å². The van der Waals surface area contributed by atoms with Crippen LogP contribution in [0, 0.1) is 0 Å². The molecule has 2 N–H and O–H groups in total. The van der Waals surface area contributed by atoms with Crippen molar-refractivity contribution in [1.29, 1.82) is 0 Å². The molecule has 0 bridgehead atoms. The van der Waals surface area contributed by atoms with Gasteiger partial charge in [-0.3, -0.25) is 4.98 Å². The van der Waals surface area contributed by atoms with E-state index in [-0.39, 0.29) is 0 Å². The second kappa shape index (κ2) is 5.08. The summed E-state index contributed by atoms with van der Waals surface area (Å²) in [4.78, 5) is 4.00. The van der Waals surface area contributed by atoms with Crippen molar-refractivity contribution in [1.82, 2.24) is 15.6 Å². The fourth-order valence-corrected chi connectivity index (χ4v) is 1.79. The standard InChI is InChI=1S/C11H17N3/c1-5-12-6-2-10(1)9-14-11-3-7-13-8-4-11/h1-2,5-6,11,13-14H,3-4,7-9H2. The number of nitrogens with zero attached hydrogens (tertiary/aromatic N) is 1. The molecule has 3 nitrogen and oxygen atoms in total. The smallest absolute Gasteiger partial charge is 0.0271 e. The van der Waals surface area contributed by atoms with Gasteiger partial charge in [0.1, 0.15) is 0 Å². The van der Waals surface area contributed by atoms with Crippen LogP contribution >= 0.6 is 0 Å². The Morgan fingerprint density at radius 2 is 2.00 bits per heavy atom. The highest BCUT2D eigenvalue weighted by Crippen LogP contribution is 2.03. The van der Waals surface area contributed by atoms with Crippen LogP contribution in [0.5, 0.6) is 0 Å². The number of aromatic nitrogens is 1. The van der Waals surface area contributed by atoms with Crippen molar-refractivity contribution in [2.24, 2.45) is 0 Å². The van der Waals surface area contributed by atoms with Gasteiger partial charge in [0.2, 0.25) is 0 Å². The highest BCUT2D eigenvalue weighted by atomic mass is 15.0. The SMILES string of the molecule is c1cc(CNC2CCNCC2)ccn1. The second-order valence-electron chi connectivity index (χ2n) is 3.76. The molecule has 1 aromatic rings. The molecule has 2 rings (SSSR count). The van der Waals surface area contributed by atoms with E-state index in [0.717, 1.165) is 19.6 Å². The molecule has 14 heavy (non-hydrogen) atoms. The number of piperidine rings is 1. The summed E-state index contributed by atoms with van der Waals surface area (Å²) >= 11 is 0. The normalized spacial score (nSPS) is 18.3. The lowest BCUT2D eigenvalue weighted by Crippen LogP contribution is -2.39. The molecule has 76 valence electrons. The number of hydrogen-bond donors (Lipinski definition) is 2. The van der Waals surface area contributed by atoms with Crippen LogP contribution in [-0.4, -0.2) is 24.1 Å². The molecule has 0 radical (unpaired) electrons. The largest absolute Gasteiger partial charge is 0.317 e. The maximum absolute atomic E-state index is 4.00. The first-order chi connectivity index (χ1) is 6.95. The first-order valence-electron chi connectivity index (χ1n) is 5.28. The summed E-state index contributed by atoms with van der Waals surface area (Å²) in [5.74, 6) is 0. The molecule has 1 saturated heterocycles. The third kappa shape index (κ3) is 2.79. The summed E-state index contributed by atoms with van der Waals surface area (Å²) in [5, 5.41) is 6.93. The van der Waals surface area contributed by atoms with Crippen molar-refractivity contribution in [3.8, 4) is 0 Å². The Morgan fingerprint density at radius 1 is 1.29 bits per heavy atom. The fraction of sp³-hybridized carbons (Fsp3) is 0.545. The van der Waals surface area contributed by atoms with Gasteiger partial charge in [0, 0.05) is 25.0 Å². The van der Waals surface area contributed by atoms with Crippen LogP contribution in [0.4, 0.5) is 0 Å². The number of pyridine rings is 1. The number of rotatable bonds is 3. The van der Waals surface area contributed by atoms with Crippen molar-refractivity contribution in [3.63, 3.8) is 0 Å². The minimum Gasteiger partial charge on any atom is -0.317 e. The fourth-order valence-electron chi connectivity index (χ4n) is 1.79. The molecule has 0 amide bonds. The van der Waals surface area contributed by atoms with Gasteiger partial charge >= 0.3 is 0 Å². The molecule has 0 spiro atoms. The first-order valence-corrected chi connectivity index (χ1v) is 5.28. The van der Waals surface area contributed by atoms with Gasteiger partial charge in [0.15, 0.2) is 0 Å². The molecule has 2 heterocycles. The zero-order valence-electron chi connectivity index (χ0n) is 8.37. The average Bonchev–Trinajstić information content (AvgIpc) is 2.29. The minimum atomic E-state index is 0.685. The maximum atomic E-state index is 4.00. The van der Waals surface area contributed by atoms with E-state index in [1.54, 1.807) is 0 Å². The molecule has 0 aromatic carbocycles. The molecular formula is C11H17N3. The average molecular weight is 191 g/mol. The van der Waals surface area contributed by atoms with Crippen LogP contribution < -0.4 is 10.6 Å². The number of nitrogens with one attached hydrogen (secondary N) is 2. The summed E-state index contributed by atoms with van der Waals surface area (Å²) in [6, 6.07) is 4.81. The summed E-state index contributed by atoms with van der Waals surface area (Å²) < 4.78 is 0. The van der Waals surface area contributed by atoms with Gasteiger partial charge in [0.25, 0.3) is 0 Å². The Morgan fingerprint density at radius 3 is 2.71 bits per heavy atom. The van der Waals surface area contributed by atoms with Gasteiger partial charge < -0.3 is 10.6 Å². The van der Waals surface area contributed by atoms with Crippen molar-refractivity contribution in [2.45, 2.75) is 25.4 Å². The van der Waals surface area contributed by atoms with Crippen LogP contribution in [0.25, 0.3) is 0 Å². The lowest BCUT2D eigenvalue weighted by molar-refractivity contribution is 0.386. The first kappa shape index (κ1) is 9.62. The third-order valence-electron chi connectivity index (χ3n) is 2.68. The zero-order chi connectivity index (χ0) is 9.64. The van der Waals surface area contributed by atoms with E-state index in [1.165, 1.54) is 18.4 Å². The monoisotopic (exact) mass is 191 g/mol. The molecule has 1 aliphatic rings. The molecule has 1 aliphatic heterocycles. The highest BCUT2D eigenvalue weighted by molar-refractivity contribution is 5.09. The molecular weight excluding hydrogens is 174 g/mol. The van der Waals surface area contributed by atoms with E-state index in [9.17, 15) is 0 Å². The van der Waals surface area contributed by atoms with E-state index in [4.69, 9.17) is 0 Å². The van der Waals surface area contributed by atoms with Gasteiger partial charge in [-0.25, -0.2) is 0 Å².